The number of rotatable bonds is 7. The second-order valence-electron chi connectivity index (χ2n) is 6.10. The van der Waals surface area contributed by atoms with Crippen molar-refractivity contribution in [3.05, 3.63) is 66.4 Å². The van der Waals surface area contributed by atoms with Crippen LogP contribution in [0.25, 0.3) is 10.9 Å². The number of carbonyl (C=O) groups excluding carboxylic acids is 2. The van der Waals surface area contributed by atoms with Crippen LogP contribution in [-0.2, 0) is 14.8 Å². The fourth-order valence-corrected chi connectivity index (χ4v) is 3.67. The molecule has 2 amide bonds. The van der Waals surface area contributed by atoms with Crippen molar-refractivity contribution in [2.24, 2.45) is 0 Å². The van der Waals surface area contributed by atoms with Gasteiger partial charge < -0.3 is 10.1 Å². The Hall–Kier alpha value is -3.46. The van der Waals surface area contributed by atoms with E-state index in [9.17, 15) is 18.0 Å². The molecule has 0 spiro atoms. The number of hydrogen-bond acceptors (Lipinski definition) is 6. The average Bonchev–Trinajstić information content (AvgIpc) is 2.72. The largest absolute Gasteiger partial charge is 0.496 e. The number of benzene rings is 2. The maximum absolute atomic E-state index is 12.4. The Bertz CT molecular complexity index is 1160. The number of carbonyl (C=O) groups is 2. The molecule has 1 aromatic heterocycles. The molecule has 0 unspecified atom stereocenters. The SMILES string of the molecule is COc1ccccc1C(=O)NCCC(=O)NS(=O)(=O)c1cnc2ccccc2c1. The number of ether oxygens (including phenoxy) is 1. The average molecular weight is 413 g/mol. The molecule has 0 aliphatic rings. The number of methoxy groups -OCH3 is 1. The first kappa shape index (κ1) is 20.3. The maximum Gasteiger partial charge on any atom is 0.265 e. The van der Waals surface area contributed by atoms with Gasteiger partial charge in [-0.2, -0.15) is 0 Å². The third-order valence-corrected chi connectivity index (χ3v) is 5.45. The van der Waals surface area contributed by atoms with Crippen LogP contribution >= 0.6 is 0 Å². The number of pyridine rings is 1. The van der Waals surface area contributed by atoms with Gasteiger partial charge in [0.15, 0.2) is 0 Å². The third kappa shape index (κ3) is 4.88. The lowest BCUT2D eigenvalue weighted by molar-refractivity contribution is -0.119. The minimum absolute atomic E-state index is 0.0335. The molecule has 0 saturated carbocycles. The number of aromatic nitrogens is 1. The van der Waals surface area contributed by atoms with Crippen molar-refractivity contribution >= 4 is 32.7 Å². The van der Waals surface area contributed by atoms with Crippen molar-refractivity contribution in [1.29, 1.82) is 0 Å². The van der Waals surface area contributed by atoms with Crippen molar-refractivity contribution in [2.45, 2.75) is 11.3 Å². The fraction of sp³-hybridized carbons (Fsp3) is 0.150. The smallest absolute Gasteiger partial charge is 0.265 e. The zero-order valence-corrected chi connectivity index (χ0v) is 16.4. The quantitative estimate of drug-likeness (QED) is 0.611. The highest BCUT2D eigenvalue weighted by Gasteiger charge is 2.19. The monoisotopic (exact) mass is 413 g/mol. The van der Waals surface area contributed by atoms with Crippen LogP contribution in [-0.4, -0.2) is 38.9 Å². The molecule has 150 valence electrons. The van der Waals surface area contributed by atoms with E-state index < -0.39 is 21.8 Å². The first-order chi connectivity index (χ1) is 13.9. The highest BCUT2D eigenvalue weighted by molar-refractivity contribution is 7.90. The molecule has 3 aromatic rings. The van der Waals surface area contributed by atoms with Crippen LogP contribution < -0.4 is 14.8 Å². The van der Waals surface area contributed by atoms with Crippen LogP contribution in [0.1, 0.15) is 16.8 Å². The Morgan fingerprint density at radius 1 is 1.07 bits per heavy atom. The van der Waals surface area contributed by atoms with Crippen LogP contribution in [0.3, 0.4) is 0 Å². The topological polar surface area (TPSA) is 114 Å². The molecule has 0 bridgehead atoms. The van der Waals surface area contributed by atoms with Gasteiger partial charge in [-0.05, 0) is 24.3 Å². The van der Waals surface area contributed by atoms with E-state index in [1.54, 1.807) is 48.5 Å². The van der Waals surface area contributed by atoms with Gasteiger partial charge in [0.1, 0.15) is 10.6 Å². The van der Waals surface area contributed by atoms with Crippen molar-refractivity contribution in [3.63, 3.8) is 0 Å². The van der Waals surface area contributed by atoms with E-state index in [2.05, 4.69) is 10.3 Å². The van der Waals surface area contributed by atoms with E-state index >= 15 is 0 Å². The van der Waals surface area contributed by atoms with Gasteiger partial charge >= 0.3 is 0 Å². The number of nitrogens with zero attached hydrogens (tertiary/aromatic N) is 1. The predicted octanol–water partition coefficient (Wildman–Crippen LogP) is 1.87. The highest BCUT2D eigenvalue weighted by Crippen LogP contribution is 2.17. The molecular formula is C20H19N3O5S. The molecule has 0 radical (unpaired) electrons. The molecule has 0 atom stereocenters. The summed E-state index contributed by atoms with van der Waals surface area (Å²) in [6, 6.07) is 15.2. The molecule has 2 N–H and O–H groups in total. The lowest BCUT2D eigenvalue weighted by atomic mass is 10.2. The normalized spacial score (nSPS) is 11.1. The number of hydrogen-bond donors (Lipinski definition) is 2. The zero-order chi connectivity index (χ0) is 20.9. The van der Waals surface area contributed by atoms with Crippen LogP contribution in [0.5, 0.6) is 5.75 Å². The maximum atomic E-state index is 12.4. The number of nitrogens with one attached hydrogen (secondary N) is 2. The van der Waals surface area contributed by atoms with Crippen LogP contribution in [0.2, 0.25) is 0 Å². The van der Waals surface area contributed by atoms with Crippen molar-refractivity contribution < 1.29 is 22.7 Å². The molecule has 0 fully saturated rings. The van der Waals surface area contributed by atoms with Crippen LogP contribution in [0.15, 0.2) is 65.7 Å². The van der Waals surface area contributed by atoms with E-state index in [-0.39, 0.29) is 17.9 Å². The molecule has 8 nitrogen and oxygen atoms in total. The molecule has 0 aliphatic heterocycles. The van der Waals surface area contributed by atoms with Crippen molar-refractivity contribution in [3.8, 4) is 5.75 Å². The summed E-state index contributed by atoms with van der Waals surface area (Å²) in [5.74, 6) is -0.754. The minimum atomic E-state index is -4.06. The van der Waals surface area contributed by atoms with Gasteiger partial charge in [0, 0.05) is 24.5 Å². The van der Waals surface area contributed by atoms with Gasteiger partial charge in [-0.25, -0.2) is 13.1 Å². The van der Waals surface area contributed by atoms with Crippen molar-refractivity contribution in [2.75, 3.05) is 13.7 Å². The molecule has 0 saturated heterocycles. The number of sulfonamides is 1. The molecule has 3 rings (SSSR count). The van der Waals surface area contributed by atoms with E-state index in [0.29, 0.717) is 22.2 Å². The summed E-state index contributed by atoms with van der Waals surface area (Å²) in [7, 11) is -2.61. The summed E-state index contributed by atoms with van der Waals surface area (Å²) in [5.41, 5.74) is 0.974. The Labute approximate surface area is 168 Å². The van der Waals surface area contributed by atoms with Crippen molar-refractivity contribution in [1.82, 2.24) is 15.0 Å². The predicted molar refractivity (Wildman–Crippen MR) is 107 cm³/mol. The van der Waals surface area contributed by atoms with E-state index in [4.69, 9.17) is 4.74 Å². The molecule has 2 aromatic carbocycles. The molecule has 9 heteroatoms. The Balaban J connectivity index is 1.58. The van der Waals surface area contributed by atoms with Crippen LogP contribution in [0.4, 0.5) is 0 Å². The van der Waals surface area contributed by atoms with Crippen LogP contribution in [0, 0.1) is 0 Å². The number of fused-ring (bicyclic) bond motifs is 1. The lowest BCUT2D eigenvalue weighted by Gasteiger charge is -2.10. The van der Waals surface area contributed by atoms with E-state index in [1.807, 2.05) is 4.72 Å². The Kier molecular flexibility index (Phi) is 6.08. The summed E-state index contributed by atoms with van der Waals surface area (Å²) >= 11 is 0. The standard InChI is InChI=1S/C20H19N3O5S/c1-28-18-9-5-3-7-16(18)20(25)21-11-10-19(24)23-29(26,27)15-12-14-6-2-4-8-17(14)22-13-15/h2-9,12-13H,10-11H2,1H3,(H,21,25)(H,23,24). The summed E-state index contributed by atoms with van der Waals surface area (Å²) in [5, 5.41) is 3.21. The summed E-state index contributed by atoms with van der Waals surface area (Å²) in [4.78, 5) is 28.2. The lowest BCUT2D eigenvalue weighted by Crippen LogP contribution is -2.34. The summed E-state index contributed by atoms with van der Waals surface area (Å²) < 4.78 is 31.9. The van der Waals surface area contributed by atoms with Gasteiger partial charge in [-0.3, -0.25) is 14.6 Å². The first-order valence-electron chi connectivity index (χ1n) is 8.72. The van der Waals surface area contributed by atoms with Gasteiger partial charge in [0.25, 0.3) is 15.9 Å². The molecule has 1 heterocycles. The van der Waals surface area contributed by atoms with Gasteiger partial charge in [0.05, 0.1) is 18.2 Å². The number of amides is 2. The third-order valence-electron chi connectivity index (χ3n) is 4.11. The molecular weight excluding hydrogens is 394 g/mol. The second-order valence-corrected chi connectivity index (χ2v) is 7.78. The molecule has 0 aliphatic carbocycles. The summed E-state index contributed by atoms with van der Waals surface area (Å²) in [6.07, 6.45) is 0.989. The second kappa shape index (κ2) is 8.70. The number of para-hydroxylation sites is 2. The fourth-order valence-electron chi connectivity index (χ4n) is 2.67. The first-order valence-corrected chi connectivity index (χ1v) is 10.2. The zero-order valence-electron chi connectivity index (χ0n) is 15.6. The van der Waals surface area contributed by atoms with E-state index in [1.165, 1.54) is 19.4 Å². The van der Waals surface area contributed by atoms with Gasteiger partial charge in [-0.15, -0.1) is 0 Å². The molecule has 29 heavy (non-hydrogen) atoms. The van der Waals surface area contributed by atoms with Gasteiger partial charge in [0.2, 0.25) is 5.91 Å². The Morgan fingerprint density at radius 3 is 2.59 bits per heavy atom. The minimum Gasteiger partial charge on any atom is -0.496 e. The summed E-state index contributed by atoms with van der Waals surface area (Å²) in [6.45, 7) is -0.0335. The Morgan fingerprint density at radius 2 is 1.79 bits per heavy atom. The van der Waals surface area contributed by atoms with E-state index in [0.717, 1.165) is 0 Å². The van der Waals surface area contributed by atoms with Gasteiger partial charge in [-0.1, -0.05) is 30.3 Å². The highest BCUT2D eigenvalue weighted by atomic mass is 32.2.